The molecule has 2 aliphatic carbocycles. The van der Waals surface area contributed by atoms with Crippen molar-refractivity contribution >= 4 is 54.5 Å². The van der Waals surface area contributed by atoms with E-state index in [4.69, 9.17) is 4.74 Å². The Bertz CT molecular complexity index is 2020. The van der Waals surface area contributed by atoms with Crippen LogP contribution < -0.4 is 4.74 Å². The highest BCUT2D eigenvalue weighted by Gasteiger charge is 2.43. The van der Waals surface area contributed by atoms with Gasteiger partial charge in [-0.3, -0.25) is 0 Å². The van der Waals surface area contributed by atoms with Crippen molar-refractivity contribution in [2.45, 2.75) is 129 Å². The molecule has 1 unspecified atom stereocenters. The molecule has 56 heavy (non-hydrogen) atoms. The zero-order valence-electron chi connectivity index (χ0n) is 34.5. The topological polar surface area (TPSA) is 9.23 Å². The second-order valence-corrected chi connectivity index (χ2v) is 19.3. The molecule has 7 rings (SSSR count). The largest absolute Gasteiger partial charge is 0.493 e. The summed E-state index contributed by atoms with van der Waals surface area (Å²) in [6.07, 6.45) is 14.6. The van der Waals surface area contributed by atoms with Gasteiger partial charge in [-0.1, -0.05) is 161 Å². The molecule has 0 heterocycles. The van der Waals surface area contributed by atoms with Crippen molar-refractivity contribution in [3.05, 3.63) is 132 Å². The predicted molar refractivity (Wildman–Crippen MR) is 257 cm³/mol. The van der Waals surface area contributed by atoms with Gasteiger partial charge < -0.3 is 4.74 Å². The van der Waals surface area contributed by atoms with Crippen molar-refractivity contribution in [3.63, 3.8) is 0 Å². The number of fused-ring (bicyclic) bond motifs is 6. The summed E-state index contributed by atoms with van der Waals surface area (Å²) in [5.74, 6) is 1.63. The maximum absolute atomic E-state index is 6.17. The van der Waals surface area contributed by atoms with Gasteiger partial charge in [-0.05, 0) is 171 Å². The van der Waals surface area contributed by atoms with Crippen molar-refractivity contribution in [2.75, 3.05) is 6.61 Å². The Kier molecular flexibility index (Phi) is 15.1. The average Bonchev–Trinajstić information content (AvgIpc) is 3.60. The summed E-state index contributed by atoms with van der Waals surface area (Å²) < 4.78 is 9.88. The molecular weight excluding hydrogens is 927 g/mol. The number of hydrogen-bond donors (Lipinski definition) is 0. The first kappa shape index (κ1) is 43.2. The van der Waals surface area contributed by atoms with Gasteiger partial charge >= 0.3 is 0 Å². The zero-order valence-corrected chi connectivity index (χ0v) is 39.9. The third-order valence-electron chi connectivity index (χ3n) is 12.5. The molecule has 1 atom stereocenters. The van der Waals surface area contributed by atoms with E-state index in [1.807, 2.05) is 0 Å². The van der Waals surface area contributed by atoms with Crippen LogP contribution in [0.1, 0.15) is 141 Å². The molecule has 0 fully saturated rings. The van der Waals surface area contributed by atoms with Gasteiger partial charge in [0.2, 0.25) is 0 Å². The maximum Gasteiger partial charge on any atom is 0.119 e. The fourth-order valence-corrected chi connectivity index (χ4v) is 11.2. The van der Waals surface area contributed by atoms with Crippen LogP contribution in [0.5, 0.6) is 5.75 Å². The standard InChI is InChI=1S/C33H41BrO.C19H20BrI/c1-5-9-10-24(8-4)23-35-28-15-11-25(12-16-28)26-13-17-29-30-18-14-27(34)22-32(30)33(19-6-2,20-7-3)31(29)21-26;1-3-9-19(10-4-2)17-11-13(20)5-7-15(17)16-8-6-14(21)12-18(16)19/h11-18,21-22,24H,5-10,19-20,23H2,1-4H3;5-8,11-12H,3-4,9-10H2,1-2H3. The number of benzene rings is 5. The van der Waals surface area contributed by atoms with Crippen LogP contribution in [0.4, 0.5) is 0 Å². The van der Waals surface area contributed by atoms with Crippen LogP contribution in [0, 0.1) is 9.49 Å². The number of unbranched alkanes of at least 4 members (excludes halogenated alkanes) is 1. The van der Waals surface area contributed by atoms with Gasteiger partial charge in [0.05, 0.1) is 6.61 Å². The highest BCUT2D eigenvalue weighted by Crippen LogP contribution is 2.56. The van der Waals surface area contributed by atoms with Gasteiger partial charge in [-0.25, -0.2) is 0 Å². The zero-order chi connectivity index (χ0) is 39.9. The summed E-state index contributed by atoms with van der Waals surface area (Å²) in [4.78, 5) is 0. The monoisotopic (exact) mass is 986 g/mol. The van der Waals surface area contributed by atoms with E-state index in [0.717, 1.165) is 12.4 Å². The molecule has 296 valence electrons. The van der Waals surface area contributed by atoms with Crippen LogP contribution in [-0.2, 0) is 10.8 Å². The van der Waals surface area contributed by atoms with E-state index in [1.54, 1.807) is 5.56 Å². The average molecular weight is 989 g/mol. The third-order valence-corrected chi connectivity index (χ3v) is 14.2. The Morgan fingerprint density at radius 2 is 0.964 bits per heavy atom. The van der Waals surface area contributed by atoms with Gasteiger partial charge in [0.25, 0.3) is 0 Å². The fraction of sp³-hybridized carbons (Fsp3) is 0.423. The fourth-order valence-electron chi connectivity index (χ4n) is 9.98. The van der Waals surface area contributed by atoms with Crippen LogP contribution in [0.25, 0.3) is 33.4 Å². The molecule has 0 saturated carbocycles. The second-order valence-electron chi connectivity index (χ2n) is 16.2. The quantitative estimate of drug-likeness (QED) is 0.0895. The van der Waals surface area contributed by atoms with E-state index in [2.05, 4.69) is 193 Å². The van der Waals surface area contributed by atoms with Gasteiger partial charge in [0.1, 0.15) is 5.75 Å². The molecule has 0 amide bonds. The SMILES string of the molecule is CCCC1(CCC)c2cc(Br)ccc2-c2ccc(I)cc21.CCCCC(CC)COc1ccc(-c2ccc3c(c2)C(CCC)(CCC)c2cc(Br)ccc2-3)cc1. The number of ether oxygens (including phenoxy) is 1. The first-order valence-corrected chi connectivity index (χ1v) is 24.1. The van der Waals surface area contributed by atoms with E-state index in [0.29, 0.717) is 5.92 Å². The molecule has 0 N–H and O–H groups in total. The first-order valence-electron chi connectivity index (χ1n) is 21.5. The molecule has 0 aliphatic heterocycles. The van der Waals surface area contributed by atoms with Gasteiger partial charge in [-0.15, -0.1) is 0 Å². The smallest absolute Gasteiger partial charge is 0.119 e. The number of rotatable bonds is 16. The number of halogens is 3. The summed E-state index contributed by atoms with van der Waals surface area (Å²) in [6, 6.07) is 36.5. The van der Waals surface area contributed by atoms with Crippen LogP contribution >= 0.6 is 54.5 Å². The molecule has 0 bridgehead atoms. The molecule has 2 aliphatic rings. The second kappa shape index (κ2) is 19.6. The van der Waals surface area contributed by atoms with Crippen LogP contribution in [0.2, 0.25) is 0 Å². The first-order chi connectivity index (χ1) is 27.2. The highest BCUT2D eigenvalue weighted by molar-refractivity contribution is 14.1. The van der Waals surface area contributed by atoms with Gasteiger partial charge in [0.15, 0.2) is 0 Å². The minimum atomic E-state index is 0.102. The lowest BCUT2D eigenvalue weighted by Crippen LogP contribution is -2.25. The summed E-state index contributed by atoms with van der Waals surface area (Å²) in [5.41, 5.74) is 14.7. The lowest BCUT2D eigenvalue weighted by atomic mass is 9.71. The summed E-state index contributed by atoms with van der Waals surface area (Å²) in [6.45, 7) is 14.6. The Morgan fingerprint density at radius 3 is 1.45 bits per heavy atom. The van der Waals surface area contributed by atoms with Crippen molar-refractivity contribution in [2.24, 2.45) is 5.92 Å². The normalized spacial score (nSPS) is 14.6. The van der Waals surface area contributed by atoms with Crippen molar-refractivity contribution in [1.29, 1.82) is 0 Å². The van der Waals surface area contributed by atoms with Gasteiger partial charge in [-0.2, -0.15) is 0 Å². The van der Waals surface area contributed by atoms with E-state index < -0.39 is 0 Å². The molecular formula is C52H61Br2IO. The Hall–Kier alpha value is -2.41. The van der Waals surface area contributed by atoms with E-state index in [9.17, 15) is 0 Å². The Morgan fingerprint density at radius 1 is 0.518 bits per heavy atom. The third kappa shape index (κ3) is 8.79. The highest BCUT2D eigenvalue weighted by atomic mass is 127. The summed E-state index contributed by atoms with van der Waals surface area (Å²) >= 11 is 9.87. The maximum atomic E-state index is 6.17. The van der Waals surface area contributed by atoms with Crippen LogP contribution in [0.15, 0.2) is 106 Å². The van der Waals surface area contributed by atoms with Crippen LogP contribution in [-0.4, -0.2) is 6.61 Å². The number of hydrogen-bond acceptors (Lipinski definition) is 1. The van der Waals surface area contributed by atoms with Gasteiger partial charge in [0, 0.05) is 23.3 Å². The summed E-state index contributed by atoms with van der Waals surface area (Å²) in [5, 5.41) is 0. The minimum absolute atomic E-state index is 0.102. The van der Waals surface area contributed by atoms with E-state index in [-0.39, 0.29) is 10.8 Å². The van der Waals surface area contributed by atoms with Crippen molar-refractivity contribution in [1.82, 2.24) is 0 Å². The molecule has 4 heteroatoms. The minimum Gasteiger partial charge on any atom is -0.493 e. The molecule has 5 aromatic rings. The molecule has 0 saturated heterocycles. The van der Waals surface area contributed by atoms with E-state index >= 15 is 0 Å². The molecule has 0 spiro atoms. The molecule has 5 aromatic carbocycles. The Labute approximate surface area is 369 Å². The lowest BCUT2D eigenvalue weighted by molar-refractivity contribution is 0.233. The van der Waals surface area contributed by atoms with Crippen molar-refractivity contribution in [3.8, 4) is 39.1 Å². The van der Waals surface area contributed by atoms with E-state index in [1.165, 1.54) is 140 Å². The lowest BCUT2D eigenvalue weighted by Gasteiger charge is -2.32. The van der Waals surface area contributed by atoms with Crippen LogP contribution in [0.3, 0.4) is 0 Å². The molecule has 0 radical (unpaired) electrons. The molecule has 0 aromatic heterocycles. The predicted octanol–water partition coefficient (Wildman–Crippen LogP) is 17.5. The van der Waals surface area contributed by atoms with Crippen molar-refractivity contribution < 1.29 is 4.74 Å². The Balaban J connectivity index is 0.000000215. The summed E-state index contributed by atoms with van der Waals surface area (Å²) in [7, 11) is 0. The molecule has 1 nitrogen and oxygen atoms in total.